The number of carbonyl (C=O) groups excluding carboxylic acids is 2. The van der Waals surface area contributed by atoms with Crippen LogP contribution in [0.15, 0.2) is 60.7 Å². The lowest BCUT2D eigenvalue weighted by Gasteiger charge is -2.28. The third kappa shape index (κ3) is 4.97. The highest BCUT2D eigenvalue weighted by Gasteiger charge is 2.42. The predicted octanol–water partition coefficient (Wildman–Crippen LogP) is 4.95. The van der Waals surface area contributed by atoms with Crippen molar-refractivity contribution >= 4 is 41.3 Å². The summed E-state index contributed by atoms with van der Waals surface area (Å²) >= 11 is 7.68. The van der Waals surface area contributed by atoms with Crippen LogP contribution in [-0.4, -0.2) is 34.7 Å². The Balaban J connectivity index is 1.89. The van der Waals surface area contributed by atoms with Crippen LogP contribution in [0.1, 0.15) is 30.3 Å². The zero-order valence-electron chi connectivity index (χ0n) is 15.7. The summed E-state index contributed by atoms with van der Waals surface area (Å²) in [6.07, 6.45) is 3.03. The van der Waals surface area contributed by atoms with E-state index < -0.39 is 6.04 Å². The number of nitrogens with zero attached hydrogens (tertiary/aromatic N) is 1. The summed E-state index contributed by atoms with van der Waals surface area (Å²) in [5, 5.41) is 0.301. The van der Waals surface area contributed by atoms with Crippen LogP contribution in [-0.2, 0) is 14.3 Å². The van der Waals surface area contributed by atoms with Gasteiger partial charge in [-0.2, -0.15) is 0 Å². The van der Waals surface area contributed by atoms with Gasteiger partial charge in [-0.25, -0.2) is 4.79 Å². The van der Waals surface area contributed by atoms with Gasteiger partial charge in [0.2, 0.25) is 5.91 Å². The summed E-state index contributed by atoms with van der Waals surface area (Å²) in [5.41, 5.74) is 1.81. The molecule has 0 saturated carbocycles. The zero-order chi connectivity index (χ0) is 20.1. The maximum atomic E-state index is 13.1. The smallest absolute Gasteiger partial charge is 0.330 e. The molecule has 2 aromatic carbocycles. The molecule has 6 heteroatoms. The minimum atomic E-state index is -0.635. The van der Waals surface area contributed by atoms with Crippen LogP contribution in [0, 0.1) is 0 Å². The van der Waals surface area contributed by atoms with E-state index in [9.17, 15) is 9.59 Å². The molecule has 4 nitrogen and oxygen atoms in total. The second-order valence-corrected chi connectivity index (χ2v) is 8.28. The minimum Gasteiger partial charge on any atom is -0.461 e. The van der Waals surface area contributed by atoms with E-state index in [2.05, 4.69) is 0 Å². The second kappa shape index (κ2) is 9.30. The Morgan fingerprint density at radius 2 is 1.93 bits per heavy atom. The molecule has 146 valence electrons. The number of hydrogen-bond acceptors (Lipinski definition) is 4. The van der Waals surface area contributed by atoms with E-state index in [1.165, 1.54) is 17.8 Å². The number of esters is 1. The number of benzene rings is 2. The van der Waals surface area contributed by atoms with Crippen molar-refractivity contribution in [3.8, 4) is 0 Å². The fourth-order valence-electron chi connectivity index (χ4n) is 3.00. The first-order chi connectivity index (χ1) is 13.5. The Bertz CT molecular complexity index is 869. The van der Waals surface area contributed by atoms with Gasteiger partial charge in [0.1, 0.15) is 11.4 Å². The molecular formula is C22H22ClNO3S. The van der Waals surface area contributed by atoms with Gasteiger partial charge in [-0.05, 0) is 43.2 Å². The van der Waals surface area contributed by atoms with Gasteiger partial charge in [0, 0.05) is 16.9 Å². The van der Waals surface area contributed by atoms with Crippen molar-refractivity contribution in [1.29, 1.82) is 0 Å². The molecule has 1 saturated heterocycles. The first-order valence-electron chi connectivity index (χ1n) is 9.08. The molecule has 0 spiro atoms. The van der Waals surface area contributed by atoms with E-state index in [4.69, 9.17) is 16.3 Å². The molecule has 0 aliphatic carbocycles. The number of hydrogen-bond donors (Lipinski definition) is 0. The Labute approximate surface area is 174 Å². The highest BCUT2D eigenvalue weighted by molar-refractivity contribution is 7.99. The van der Waals surface area contributed by atoms with Gasteiger partial charge in [-0.1, -0.05) is 54.1 Å². The van der Waals surface area contributed by atoms with Gasteiger partial charge in [-0.15, -0.1) is 11.8 Å². The Morgan fingerprint density at radius 1 is 1.18 bits per heavy atom. The number of amides is 1. The van der Waals surface area contributed by atoms with Gasteiger partial charge in [0.25, 0.3) is 0 Å². The molecule has 2 aromatic rings. The number of thioether (sulfide) groups is 1. The second-order valence-electron chi connectivity index (χ2n) is 6.73. The minimum absolute atomic E-state index is 0.232. The molecule has 1 fully saturated rings. The van der Waals surface area contributed by atoms with Crippen LogP contribution in [0.25, 0.3) is 6.08 Å². The van der Waals surface area contributed by atoms with Crippen molar-refractivity contribution in [3.63, 3.8) is 0 Å². The van der Waals surface area contributed by atoms with Gasteiger partial charge >= 0.3 is 5.97 Å². The molecule has 1 amide bonds. The maximum Gasteiger partial charge on any atom is 0.330 e. The molecule has 0 radical (unpaired) electrons. The van der Waals surface area contributed by atoms with E-state index in [1.54, 1.807) is 30.9 Å². The van der Waals surface area contributed by atoms with E-state index in [0.29, 0.717) is 10.8 Å². The lowest BCUT2D eigenvalue weighted by atomic mass is 10.1. The van der Waals surface area contributed by atoms with Crippen LogP contribution < -0.4 is 0 Å². The lowest BCUT2D eigenvalue weighted by molar-refractivity contribution is -0.156. The third-order valence-electron chi connectivity index (χ3n) is 4.23. The predicted molar refractivity (Wildman–Crippen MR) is 114 cm³/mol. The normalized spacial score (nSPS) is 19.4. The molecule has 0 N–H and O–H groups in total. The summed E-state index contributed by atoms with van der Waals surface area (Å²) in [7, 11) is 0. The third-order valence-corrected chi connectivity index (χ3v) is 5.79. The largest absolute Gasteiger partial charge is 0.461 e. The highest BCUT2D eigenvalue weighted by Crippen LogP contribution is 2.42. The summed E-state index contributed by atoms with van der Waals surface area (Å²) in [4.78, 5) is 27.3. The summed E-state index contributed by atoms with van der Waals surface area (Å²) in [5.74, 6) is -0.133. The number of carbonyl (C=O) groups is 2. The monoisotopic (exact) mass is 415 g/mol. The van der Waals surface area contributed by atoms with Crippen molar-refractivity contribution in [2.45, 2.75) is 31.4 Å². The van der Waals surface area contributed by atoms with Crippen molar-refractivity contribution < 1.29 is 14.3 Å². The number of rotatable bonds is 5. The molecule has 1 aliphatic heterocycles. The summed E-state index contributed by atoms with van der Waals surface area (Å²) in [6.45, 7) is 3.60. The van der Waals surface area contributed by atoms with Crippen molar-refractivity contribution in [2.75, 3.05) is 5.75 Å². The molecule has 28 heavy (non-hydrogen) atoms. The van der Waals surface area contributed by atoms with E-state index in [1.807, 2.05) is 48.5 Å². The highest BCUT2D eigenvalue weighted by atomic mass is 35.5. The van der Waals surface area contributed by atoms with E-state index in [0.717, 1.165) is 11.1 Å². The molecule has 1 heterocycles. The van der Waals surface area contributed by atoms with Gasteiger partial charge in [0.05, 0.1) is 6.10 Å². The van der Waals surface area contributed by atoms with E-state index in [-0.39, 0.29) is 23.4 Å². The van der Waals surface area contributed by atoms with Crippen molar-refractivity contribution in [2.24, 2.45) is 0 Å². The first kappa shape index (κ1) is 20.5. The van der Waals surface area contributed by atoms with Gasteiger partial charge < -0.3 is 9.64 Å². The standard InChI is InChI=1S/C22H22ClNO3S/c1-15(2)27-22(26)19-14-28-21(17-9-6-10-18(23)13-17)24(19)20(25)12-11-16-7-4-3-5-8-16/h3-13,15,19,21H,14H2,1-2H3/b12-11+/t19-,21+/m1/s1. The average molecular weight is 416 g/mol. The van der Waals surface area contributed by atoms with Crippen molar-refractivity contribution in [1.82, 2.24) is 4.90 Å². The van der Waals surface area contributed by atoms with E-state index >= 15 is 0 Å². The van der Waals surface area contributed by atoms with Gasteiger partial charge in [-0.3, -0.25) is 4.79 Å². The molecule has 0 unspecified atom stereocenters. The molecule has 3 rings (SSSR count). The maximum absolute atomic E-state index is 13.1. The molecule has 1 aliphatic rings. The zero-order valence-corrected chi connectivity index (χ0v) is 17.3. The van der Waals surface area contributed by atoms with Crippen LogP contribution >= 0.6 is 23.4 Å². The Kier molecular flexibility index (Phi) is 6.81. The Morgan fingerprint density at radius 3 is 2.61 bits per heavy atom. The van der Waals surface area contributed by atoms with Gasteiger partial charge in [0.15, 0.2) is 0 Å². The van der Waals surface area contributed by atoms with Crippen molar-refractivity contribution in [3.05, 3.63) is 76.8 Å². The Hall–Kier alpha value is -2.24. The molecular weight excluding hydrogens is 394 g/mol. The molecule has 2 atom stereocenters. The average Bonchev–Trinajstić information content (AvgIpc) is 3.12. The summed E-state index contributed by atoms with van der Waals surface area (Å²) in [6, 6.07) is 16.3. The number of ether oxygens (including phenoxy) is 1. The molecule has 0 aromatic heterocycles. The topological polar surface area (TPSA) is 46.6 Å². The quantitative estimate of drug-likeness (QED) is 0.512. The number of halogens is 1. The lowest BCUT2D eigenvalue weighted by Crippen LogP contribution is -2.43. The fraction of sp³-hybridized carbons (Fsp3) is 0.273. The van der Waals surface area contributed by atoms with Crippen LogP contribution in [0.4, 0.5) is 0 Å². The first-order valence-corrected chi connectivity index (χ1v) is 10.5. The summed E-state index contributed by atoms with van der Waals surface area (Å²) < 4.78 is 5.39. The van der Waals surface area contributed by atoms with Crippen LogP contribution in [0.3, 0.4) is 0 Å². The van der Waals surface area contributed by atoms with Crippen LogP contribution in [0.2, 0.25) is 5.02 Å². The molecule has 0 bridgehead atoms. The fourth-order valence-corrected chi connectivity index (χ4v) is 4.61. The van der Waals surface area contributed by atoms with Crippen LogP contribution in [0.5, 0.6) is 0 Å². The SMILES string of the molecule is CC(C)OC(=O)[C@H]1CS[C@@H](c2cccc(Cl)c2)N1C(=O)/C=C/c1ccccc1.